The monoisotopic (exact) mass is 212 g/mol. The van der Waals surface area contributed by atoms with Crippen molar-refractivity contribution in [2.45, 2.75) is 32.8 Å². The lowest BCUT2D eigenvalue weighted by Gasteiger charge is -2.24. The Morgan fingerprint density at radius 3 is 2.87 bits per heavy atom. The fraction of sp³-hybridized carbons (Fsp3) is 0.500. The van der Waals surface area contributed by atoms with Crippen LogP contribution in [0.1, 0.15) is 25.8 Å². The summed E-state index contributed by atoms with van der Waals surface area (Å²) in [5.74, 6) is 0.469. The van der Waals surface area contributed by atoms with Crippen molar-refractivity contribution in [3.8, 4) is 5.75 Å². The number of ether oxygens (including phenoxy) is 1. The van der Waals surface area contributed by atoms with Gasteiger partial charge in [0.15, 0.2) is 0 Å². The van der Waals surface area contributed by atoms with E-state index >= 15 is 0 Å². The summed E-state index contributed by atoms with van der Waals surface area (Å²) in [6.07, 6.45) is 1.41. The van der Waals surface area contributed by atoms with Crippen molar-refractivity contribution in [2.75, 3.05) is 6.61 Å². The van der Waals surface area contributed by atoms with Crippen LogP contribution in [0, 0.1) is 5.82 Å². The third kappa shape index (κ3) is 2.93. The molecule has 1 unspecified atom stereocenters. The standard InChI is InChI=1S/C10H11FO2.C2H6/c11-8-2-4-10-7(5-8)1-3-9(6-12)13-10;1-2/h2,4-5,9,12H,1,3,6H2;1-2H3. The van der Waals surface area contributed by atoms with Crippen LogP contribution in [0.15, 0.2) is 18.2 Å². The molecule has 0 aliphatic carbocycles. The lowest BCUT2D eigenvalue weighted by Crippen LogP contribution is -2.26. The van der Waals surface area contributed by atoms with Crippen LogP contribution in [-0.2, 0) is 6.42 Å². The Labute approximate surface area is 89.7 Å². The van der Waals surface area contributed by atoms with Crippen molar-refractivity contribution in [3.63, 3.8) is 0 Å². The normalized spacial score (nSPS) is 18.3. The predicted molar refractivity (Wildman–Crippen MR) is 57.6 cm³/mol. The van der Waals surface area contributed by atoms with Gasteiger partial charge in [-0.2, -0.15) is 0 Å². The van der Waals surface area contributed by atoms with E-state index in [1.165, 1.54) is 12.1 Å². The summed E-state index contributed by atoms with van der Waals surface area (Å²) in [4.78, 5) is 0. The Bertz CT molecular complexity index is 312. The van der Waals surface area contributed by atoms with E-state index < -0.39 is 0 Å². The van der Waals surface area contributed by atoms with Crippen LogP contribution in [0.25, 0.3) is 0 Å². The predicted octanol–water partition coefficient (Wildman–Crippen LogP) is 2.54. The molecular formula is C12H17FO2. The first-order valence-corrected chi connectivity index (χ1v) is 5.35. The first-order valence-electron chi connectivity index (χ1n) is 5.35. The molecule has 3 heteroatoms. The molecule has 0 spiro atoms. The van der Waals surface area contributed by atoms with E-state index in [0.29, 0.717) is 5.75 Å². The minimum atomic E-state index is -0.232. The van der Waals surface area contributed by atoms with Crippen LogP contribution in [0.3, 0.4) is 0 Å². The maximum absolute atomic E-state index is 12.8. The number of benzene rings is 1. The summed E-state index contributed by atoms with van der Waals surface area (Å²) in [5.41, 5.74) is 0.893. The van der Waals surface area contributed by atoms with Gasteiger partial charge in [0.05, 0.1) is 6.61 Å². The van der Waals surface area contributed by atoms with Crippen LogP contribution in [-0.4, -0.2) is 17.8 Å². The van der Waals surface area contributed by atoms with Gasteiger partial charge in [-0.15, -0.1) is 0 Å². The Balaban J connectivity index is 0.000000531. The molecule has 1 heterocycles. The van der Waals surface area contributed by atoms with Crippen molar-refractivity contribution in [1.82, 2.24) is 0 Å². The first-order chi connectivity index (χ1) is 7.29. The van der Waals surface area contributed by atoms with E-state index in [-0.39, 0.29) is 18.5 Å². The largest absolute Gasteiger partial charge is 0.488 e. The number of hydrogen-bond acceptors (Lipinski definition) is 2. The number of halogens is 1. The van der Waals surface area contributed by atoms with Gasteiger partial charge in [-0.25, -0.2) is 4.39 Å². The molecule has 1 N–H and O–H groups in total. The summed E-state index contributed by atoms with van der Waals surface area (Å²) < 4.78 is 18.2. The highest BCUT2D eigenvalue weighted by molar-refractivity contribution is 5.35. The van der Waals surface area contributed by atoms with Gasteiger partial charge in [0, 0.05) is 0 Å². The van der Waals surface area contributed by atoms with E-state index in [1.807, 2.05) is 13.8 Å². The number of aryl methyl sites for hydroxylation is 1. The molecule has 1 atom stereocenters. The Morgan fingerprint density at radius 1 is 1.47 bits per heavy atom. The number of aliphatic hydroxyl groups is 1. The number of aliphatic hydroxyl groups excluding tert-OH is 1. The second kappa shape index (κ2) is 5.71. The van der Waals surface area contributed by atoms with E-state index in [9.17, 15) is 4.39 Å². The second-order valence-corrected chi connectivity index (χ2v) is 3.21. The van der Waals surface area contributed by atoms with Gasteiger partial charge in [-0.1, -0.05) is 13.8 Å². The average Bonchev–Trinajstić information content (AvgIpc) is 2.31. The highest BCUT2D eigenvalue weighted by Gasteiger charge is 2.18. The van der Waals surface area contributed by atoms with Crippen molar-refractivity contribution < 1.29 is 14.2 Å². The number of fused-ring (bicyclic) bond motifs is 1. The zero-order valence-electron chi connectivity index (χ0n) is 9.16. The van der Waals surface area contributed by atoms with Gasteiger partial charge in [-0.3, -0.25) is 0 Å². The van der Waals surface area contributed by atoms with Crippen LogP contribution >= 0.6 is 0 Å². The maximum atomic E-state index is 12.8. The topological polar surface area (TPSA) is 29.5 Å². The summed E-state index contributed by atoms with van der Waals surface area (Å²) in [6.45, 7) is 4.02. The molecule has 0 bridgehead atoms. The van der Waals surface area contributed by atoms with Crippen LogP contribution in [0.2, 0.25) is 0 Å². The quantitative estimate of drug-likeness (QED) is 0.775. The molecule has 1 aliphatic heterocycles. The molecule has 0 saturated heterocycles. The van der Waals surface area contributed by atoms with Gasteiger partial charge in [0.25, 0.3) is 0 Å². The van der Waals surface area contributed by atoms with Crippen LogP contribution < -0.4 is 4.74 Å². The smallest absolute Gasteiger partial charge is 0.123 e. The second-order valence-electron chi connectivity index (χ2n) is 3.21. The average molecular weight is 212 g/mol. The van der Waals surface area contributed by atoms with Crippen molar-refractivity contribution in [2.24, 2.45) is 0 Å². The fourth-order valence-corrected chi connectivity index (χ4v) is 1.54. The van der Waals surface area contributed by atoms with Gasteiger partial charge >= 0.3 is 0 Å². The highest BCUT2D eigenvalue weighted by atomic mass is 19.1. The molecule has 1 aromatic rings. The Kier molecular flexibility index (Phi) is 4.56. The summed E-state index contributed by atoms with van der Waals surface area (Å²) in [7, 11) is 0. The third-order valence-corrected chi connectivity index (χ3v) is 2.26. The SMILES string of the molecule is CC.OCC1CCc2cc(F)ccc2O1. The van der Waals surface area contributed by atoms with Gasteiger partial charge in [-0.05, 0) is 36.6 Å². The van der Waals surface area contributed by atoms with Crippen molar-refractivity contribution >= 4 is 0 Å². The molecule has 0 amide bonds. The molecule has 15 heavy (non-hydrogen) atoms. The molecule has 0 fully saturated rings. The molecule has 0 saturated carbocycles. The molecule has 2 nitrogen and oxygen atoms in total. The Morgan fingerprint density at radius 2 is 2.20 bits per heavy atom. The molecule has 1 aromatic carbocycles. The first kappa shape index (κ1) is 12.0. The lowest BCUT2D eigenvalue weighted by atomic mass is 10.0. The van der Waals surface area contributed by atoms with E-state index in [0.717, 1.165) is 18.4 Å². The zero-order valence-corrected chi connectivity index (χ0v) is 9.16. The summed E-state index contributed by atoms with van der Waals surface area (Å²) in [6, 6.07) is 4.48. The lowest BCUT2D eigenvalue weighted by molar-refractivity contribution is 0.0976. The molecule has 2 rings (SSSR count). The molecule has 1 aliphatic rings. The van der Waals surface area contributed by atoms with Crippen molar-refractivity contribution in [1.29, 1.82) is 0 Å². The third-order valence-electron chi connectivity index (χ3n) is 2.26. The minimum Gasteiger partial charge on any atom is -0.488 e. The van der Waals surface area contributed by atoms with Crippen LogP contribution in [0.5, 0.6) is 5.75 Å². The van der Waals surface area contributed by atoms with E-state index in [4.69, 9.17) is 9.84 Å². The molecule has 0 aromatic heterocycles. The van der Waals surface area contributed by atoms with Crippen LogP contribution in [0.4, 0.5) is 4.39 Å². The molecular weight excluding hydrogens is 195 g/mol. The van der Waals surface area contributed by atoms with E-state index in [1.54, 1.807) is 6.07 Å². The van der Waals surface area contributed by atoms with Gasteiger partial charge in [0.1, 0.15) is 17.7 Å². The van der Waals surface area contributed by atoms with Gasteiger partial charge in [0.2, 0.25) is 0 Å². The molecule has 0 radical (unpaired) electrons. The van der Waals surface area contributed by atoms with E-state index in [2.05, 4.69) is 0 Å². The number of rotatable bonds is 1. The molecule has 84 valence electrons. The zero-order chi connectivity index (χ0) is 11.3. The summed E-state index contributed by atoms with van der Waals surface area (Å²) in [5, 5.41) is 8.87. The fourth-order valence-electron chi connectivity index (χ4n) is 1.54. The maximum Gasteiger partial charge on any atom is 0.123 e. The number of hydrogen-bond donors (Lipinski definition) is 1. The highest BCUT2D eigenvalue weighted by Crippen LogP contribution is 2.27. The minimum absolute atomic E-state index is 0.0246. The summed E-state index contributed by atoms with van der Waals surface area (Å²) >= 11 is 0. The van der Waals surface area contributed by atoms with Crippen molar-refractivity contribution in [3.05, 3.63) is 29.6 Å². The Hall–Kier alpha value is -1.09. The van der Waals surface area contributed by atoms with Gasteiger partial charge < -0.3 is 9.84 Å².